The molecule has 8 heteroatoms. The molecule has 1 N–H and O–H groups in total. The molecule has 0 spiro atoms. The molecule has 0 saturated heterocycles. The zero-order valence-electron chi connectivity index (χ0n) is 17.9. The highest BCUT2D eigenvalue weighted by molar-refractivity contribution is 7.17. The van der Waals surface area contributed by atoms with E-state index in [9.17, 15) is 14.0 Å². The van der Waals surface area contributed by atoms with Crippen LogP contribution in [-0.2, 0) is 0 Å². The first-order valence-corrected chi connectivity index (χ1v) is 10.2. The molecule has 0 aliphatic heterocycles. The van der Waals surface area contributed by atoms with E-state index in [1.807, 2.05) is 6.92 Å². The third-order valence-electron chi connectivity index (χ3n) is 4.66. The summed E-state index contributed by atoms with van der Waals surface area (Å²) in [7, 11) is 6.21. The Morgan fingerprint density at radius 3 is 2.19 bits per heavy atom. The number of ether oxygens (including phenoxy) is 2. The molecule has 1 aromatic heterocycles. The Hall–Kier alpha value is -3.39. The summed E-state index contributed by atoms with van der Waals surface area (Å²) in [6.07, 6.45) is 0. The van der Waals surface area contributed by atoms with Gasteiger partial charge in [0, 0.05) is 25.0 Å². The molecule has 162 valence electrons. The molecule has 0 atom stereocenters. The maximum atomic E-state index is 13.2. The smallest absolute Gasteiger partial charge is 0.265 e. The highest BCUT2D eigenvalue weighted by Crippen LogP contribution is 2.36. The second-order valence-electron chi connectivity index (χ2n) is 7.04. The summed E-state index contributed by atoms with van der Waals surface area (Å²) in [4.78, 5) is 28.4. The van der Waals surface area contributed by atoms with Crippen LogP contribution in [0.4, 0.5) is 10.1 Å². The Morgan fingerprint density at radius 1 is 1.00 bits per heavy atom. The highest BCUT2D eigenvalue weighted by Gasteiger charge is 2.21. The van der Waals surface area contributed by atoms with Crippen molar-refractivity contribution >= 4 is 28.8 Å². The highest BCUT2D eigenvalue weighted by atomic mass is 32.1. The van der Waals surface area contributed by atoms with Gasteiger partial charge in [0.15, 0.2) is 11.5 Å². The Bertz CT molecular complexity index is 1120. The van der Waals surface area contributed by atoms with Gasteiger partial charge in [0.05, 0.1) is 30.3 Å². The number of halogens is 1. The van der Waals surface area contributed by atoms with Gasteiger partial charge in [-0.2, -0.15) is 0 Å². The number of aryl methyl sites for hydroxylation is 1. The van der Waals surface area contributed by atoms with Crippen molar-refractivity contribution in [1.29, 1.82) is 0 Å². The molecule has 3 aromatic rings. The summed E-state index contributed by atoms with van der Waals surface area (Å²) < 4.78 is 23.9. The van der Waals surface area contributed by atoms with Crippen LogP contribution in [0, 0.1) is 12.7 Å². The van der Waals surface area contributed by atoms with E-state index < -0.39 is 0 Å². The number of nitrogens with one attached hydrogen (secondary N) is 1. The monoisotopic (exact) mass is 442 g/mol. The normalized spacial score (nSPS) is 10.5. The van der Waals surface area contributed by atoms with Gasteiger partial charge in [-0.25, -0.2) is 4.39 Å². The zero-order chi connectivity index (χ0) is 22.7. The summed E-state index contributed by atoms with van der Waals surface area (Å²) in [5, 5.41) is 2.82. The van der Waals surface area contributed by atoms with Gasteiger partial charge < -0.3 is 19.7 Å². The number of amides is 2. The van der Waals surface area contributed by atoms with Crippen molar-refractivity contribution in [1.82, 2.24) is 4.90 Å². The van der Waals surface area contributed by atoms with Crippen molar-refractivity contribution < 1.29 is 23.5 Å². The molecule has 2 aromatic carbocycles. The molecule has 0 aliphatic carbocycles. The third kappa shape index (κ3) is 4.69. The van der Waals surface area contributed by atoms with Gasteiger partial charge in [-0.05, 0) is 42.3 Å². The topological polar surface area (TPSA) is 67.9 Å². The van der Waals surface area contributed by atoms with Gasteiger partial charge >= 0.3 is 0 Å². The number of hydrogen-bond donors (Lipinski definition) is 1. The van der Waals surface area contributed by atoms with Gasteiger partial charge in [0.1, 0.15) is 5.82 Å². The zero-order valence-corrected chi connectivity index (χ0v) is 18.7. The number of anilines is 1. The van der Waals surface area contributed by atoms with Crippen molar-refractivity contribution in [2.45, 2.75) is 6.92 Å². The summed E-state index contributed by atoms with van der Waals surface area (Å²) >= 11 is 1.30. The van der Waals surface area contributed by atoms with Crippen LogP contribution < -0.4 is 14.8 Å². The fraction of sp³-hybridized carbons (Fsp3) is 0.217. The number of hydrogen-bond acceptors (Lipinski definition) is 5. The summed E-state index contributed by atoms with van der Waals surface area (Å²) in [5.41, 5.74) is 2.33. The van der Waals surface area contributed by atoms with Crippen LogP contribution in [-0.4, -0.2) is 45.0 Å². The summed E-state index contributed by atoms with van der Waals surface area (Å²) in [6.45, 7) is 1.89. The first-order valence-electron chi connectivity index (χ1n) is 9.40. The van der Waals surface area contributed by atoms with Crippen molar-refractivity contribution in [2.24, 2.45) is 0 Å². The first kappa shape index (κ1) is 22.3. The largest absolute Gasteiger partial charge is 0.493 e. The standard InChI is InChI=1S/C23H23FN2O4S/c1-13-10-20(31-21(13)14-6-8-15(24)9-7-14)22(27)25-17-12-19(30-5)18(29-4)11-16(17)23(28)26(2)3/h6-12H,1-5H3,(H,25,27). The van der Waals surface area contributed by atoms with E-state index in [0.717, 1.165) is 16.0 Å². The predicted octanol–water partition coefficient (Wildman–Crippen LogP) is 4.83. The van der Waals surface area contributed by atoms with Crippen LogP contribution in [0.25, 0.3) is 10.4 Å². The van der Waals surface area contributed by atoms with Gasteiger partial charge in [0.25, 0.3) is 11.8 Å². The molecule has 0 bridgehead atoms. The van der Waals surface area contributed by atoms with E-state index in [0.29, 0.717) is 22.1 Å². The molecule has 31 heavy (non-hydrogen) atoms. The minimum Gasteiger partial charge on any atom is -0.493 e. The second kappa shape index (κ2) is 9.18. The van der Waals surface area contributed by atoms with Crippen LogP contribution >= 0.6 is 11.3 Å². The van der Waals surface area contributed by atoms with Gasteiger partial charge in [-0.1, -0.05) is 12.1 Å². The summed E-state index contributed by atoms with van der Waals surface area (Å²) in [6, 6.07) is 11.0. The SMILES string of the molecule is COc1cc(NC(=O)c2cc(C)c(-c3ccc(F)cc3)s2)c(C(=O)N(C)C)cc1OC. The molecule has 1 heterocycles. The Kier molecular flexibility index (Phi) is 6.60. The molecule has 2 amide bonds. The van der Waals surface area contributed by atoms with Crippen LogP contribution in [0.2, 0.25) is 0 Å². The Balaban J connectivity index is 1.97. The minimum atomic E-state index is -0.360. The Morgan fingerprint density at radius 2 is 1.61 bits per heavy atom. The lowest BCUT2D eigenvalue weighted by Crippen LogP contribution is -2.24. The Labute approximate surface area is 184 Å². The predicted molar refractivity (Wildman–Crippen MR) is 120 cm³/mol. The van der Waals surface area contributed by atoms with Crippen LogP contribution in [0.1, 0.15) is 25.6 Å². The average Bonchev–Trinajstić information content (AvgIpc) is 3.15. The van der Waals surface area contributed by atoms with Crippen LogP contribution in [0.3, 0.4) is 0 Å². The van der Waals surface area contributed by atoms with Crippen molar-refractivity contribution in [3.8, 4) is 21.9 Å². The minimum absolute atomic E-state index is 0.281. The van der Waals surface area contributed by atoms with E-state index in [1.165, 1.54) is 42.6 Å². The number of carbonyl (C=O) groups is 2. The molecule has 6 nitrogen and oxygen atoms in total. The first-order chi connectivity index (χ1) is 14.7. The van der Waals surface area contributed by atoms with Gasteiger partial charge in [0.2, 0.25) is 0 Å². The van der Waals surface area contributed by atoms with E-state index in [2.05, 4.69) is 5.32 Å². The fourth-order valence-electron chi connectivity index (χ4n) is 3.07. The van der Waals surface area contributed by atoms with E-state index in [4.69, 9.17) is 9.47 Å². The van der Waals surface area contributed by atoms with E-state index >= 15 is 0 Å². The number of thiophene rings is 1. The van der Waals surface area contributed by atoms with Gasteiger partial charge in [-0.3, -0.25) is 9.59 Å². The lowest BCUT2D eigenvalue weighted by Gasteiger charge is -2.17. The van der Waals surface area contributed by atoms with Crippen LogP contribution in [0.5, 0.6) is 11.5 Å². The lowest BCUT2D eigenvalue weighted by molar-refractivity contribution is 0.0828. The number of rotatable bonds is 6. The molecular formula is C23H23FN2O4S. The second-order valence-corrected chi connectivity index (χ2v) is 8.09. The number of carbonyl (C=O) groups excluding carboxylic acids is 2. The molecule has 0 radical (unpaired) electrons. The molecule has 0 fully saturated rings. The molecule has 0 saturated carbocycles. The number of nitrogens with zero attached hydrogens (tertiary/aromatic N) is 1. The van der Waals surface area contributed by atoms with E-state index in [1.54, 1.807) is 44.4 Å². The molecule has 0 aliphatic rings. The number of benzene rings is 2. The molecule has 0 unspecified atom stereocenters. The van der Waals surface area contributed by atoms with Crippen molar-refractivity contribution in [3.63, 3.8) is 0 Å². The van der Waals surface area contributed by atoms with E-state index in [-0.39, 0.29) is 23.2 Å². The number of methoxy groups -OCH3 is 2. The van der Waals surface area contributed by atoms with Crippen molar-refractivity contribution in [2.75, 3.05) is 33.6 Å². The molecule has 3 rings (SSSR count). The van der Waals surface area contributed by atoms with Crippen molar-refractivity contribution in [3.05, 3.63) is 64.3 Å². The maximum Gasteiger partial charge on any atom is 0.265 e. The third-order valence-corrected chi connectivity index (χ3v) is 5.94. The molecular weight excluding hydrogens is 419 g/mol. The van der Waals surface area contributed by atoms with Gasteiger partial charge in [-0.15, -0.1) is 11.3 Å². The fourth-order valence-corrected chi connectivity index (χ4v) is 4.14. The summed E-state index contributed by atoms with van der Waals surface area (Å²) in [5.74, 6) is -0.187. The maximum absolute atomic E-state index is 13.2. The quantitative estimate of drug-likeness (QED) is 0.594. The van der Waals surface area contributed by atoms with Crippen LogP contribution in [0.15, 0.2) is 42.5 Å². The average molecular weight is 443 g/mol. The lowest BCUT2D eigenvalue weighted by atomic mass is 10.1.